The number of ether oxygens (including phenoxy) is 1. The first kappa shape index (κ1) is 19.5. The van der Waals surface area contributed by atoms with E-state index in [4.69, 9.17) is 21.3 Å². The Kier molecular flexibility index (Phi) is 4.71. The lowest BCUT2D eigenvalue weighted by Crippen LogP contribution is -2.36. The average molecular weight is 464 g/mol. The number of imidazole rings is 1. The smallest absolute Gasteiger partial charge is 0.275 e. The van der Waals surface area contributed by atoms with E-state index in [0.717, 1.165) is 46.2 Å². The molecule has 1 aliphatic rings. The fourth-order valence-electron chi connectivity index (χ4n) is 3.91. The molecule has 0 aliphatic carbocycles. The topological polar surface area (TPSA) is 76.0 Å². The van der Waals surface area contributed by atoms with E-state index in [9.17, 15) is 4.79 Å². The zero-order chi connectivity index (χ0) is 21.7. The number of halogens is 1. The van der Waals surface area contributed by atoms with Crippen LogP contribution in [-0.4, -0.2) is 45.8 Å². The summed E-state index contributed by atoms with van der Waals surface area (Å²) in [6.45, 7) is 3.01. The predicted molar refractivity (Wildman–Crippen MR) is 128 cm³/mol. The molecule has 160 valence electrons. The molecule has 0 amide bonds. The van der Waals surface area contributed by atoms with Crippen molar-refractivity contribution < 1.29 is 4.74 Å². The first-order valence-corrected chi connectivity index (χ1v) is 11.5. The van der Waals surface area contributed by atoms with Crippen LogP contribution in [0.25, 0.3) is 37.4 Å². The lowest BCUT2D eigenvalue weighted by atomic mass is 10.2. The monoisotopic (exact) mass is 463 g/mol. The van der Waals surface area contributed by atoms with Gasteiger partial charge in [-0.15, -0.1) is 11.3 Å². The predicted octanol–water partition coefficient (Wildman–Crippen LogP) is 4.48. The molecule has 1 aliphatic heterocycles. The van der Waals surface area contributed by atoms with Crippen molar-refractivity contribution in [2.24, 2.45) is 0 Å². The van der Waals surface area contributed by atoms with E-state index in [1.54, 1.807) is 10.9 Å². The number of aromatic amines is 1. The van der Waals surface area contributed by atoms with E-state index < -0.39 is 0 Å². The molecule has 0 atom stereocenters. The Morgan fingerprint density at radius 2 is 1.84 bits per heavy atom. The maximum absolute atomic E-state index is 13.3. The molecule has 0 bridgehead atoms. The molecule has 7 nitrogen and oxygen atoms in total. The number of H-pyrrole nitrogens is 1. The van der Waals surface area contributed by atoms with Gasteiger partial charge >= 0.3 is 0 Å². The number of nitrogens with one attached hydrogen (secondary N) is 1. The molecule has 4 heterocycles. The van der Waals surface area contributed by atoms with Crippen molar-refractivity contribution in [1.82, 2.24) is 19.5 Å². The standard InChI is InChI=1S/C23H18ClN5O2S/c24-15-3-1-14(2-4-15)20-12-19-21(32-20)22(30)29(13-25-19)16-5-6-17-18(11-16)27-23(26-17)28-7-9-31-10-8-28/h1-6,11-13H,7-10H2,(H,26,27). The number of fused-ring (bicyclic) bond motifs is 2. The summed E-state index contributed by atoms with van der Waals surface area (Å²) >= 11 is 7.44. The number of hydrogen-bond donors (Lipinski definition) is 1. The number of anilines is 1. The first-order chi connectivity index (χ1) is 15.7. The number of aromatic nitrogens is 4. The number of rotatable bonds is 3. The summed E-state index contributed by atoms with van der Waals surface area (Å²) in [6, 6.07) is 15.3. The van der Waals surface area contributed by atoms with Gasteiger partial charge < -0.3 is 14.6 Å². The normalized spacial score (nSPS) is 14.5. The fourth-order valence-corrected chi connectivity index (χ4v) is 5.08. The largest absolute Gasteiger partial charge is 0.378 e. The Morgan fingerprint density at radius 1 is 1.03 bits per heavy atom. The number of nitrogens with zero attached hydrogens (tertiary/aromatic N) is 4. The van der Waals surface area contributed by atoms with Gasteiger partial charge in [0.1, 0.15) is 11.0 Å². The van der Waals surface area contributed by atoms with Gasteiger partial charge in [-0.2, -0.15) is 0 Å². The molecule has 0 saturated carbocycles. The summed E-state index contributed by atoms with van der Waals surface area (Å²) in [4.78, 5) is 29.0. The Hall–Kier alpha value is -3.20. The quantitative estimate of drug-likeness (QED) is 0.427. The van der Waals surface area contributed by atoms with Crippen molar-refractivity contribution in [2.75, 3.05) is 31.2 Å². The number of benzene rings is 2. The van der Waals surface area contributed by atoms with Crippen LogP contribution in [0.2, 0.25) is 5.02 Å². The zero-order valence-electron chi connectivity index (χ0n) is 16.9. The van der Waals surface area contributed by atoms with Crippen LogP contribution in [0.5, 0.6) is 0 Å². The van der Waals surface area contributed by atoms with E-state index >= 15 is 0 Å². The van der Waals surface area contributed by atoms with Crippen molar-refractivity contribution in [3.63, 3.8) is 0 Å². The third kappa shape index (κ3) is 3.37. The summed E-state index contributed by atoms with van der Waals surface area (Å²) in [5.74, 6) is 0.826. The van der Waals surface area contributed by atoms with Crippen LogP contribution in [0.3, 0.4) is 0 Å². The third-order valence-corrected chi connectivity index (χ3v) is 7.02. The minimum absolute atomic E-state index is 0.0903. The van der Waals surface area contributed by atoms with Gasteiger partial charge in [0.05, 0.1) is 35.5 Å². The van der Waals surface area contributed by atoms with Crippen LogP contribution < -0.4 is 10.5 Å². The van der Waals surface area contributed by atoms with Crippen molar-refractivity contribution >= 4 is 50.1 Å². The van der Waals surface area contributed by atoms with Gasteiger partial charge in [0.2, 0.25) is 5.95 Å². The van der Waals surface area contributed by atoms with Gasteiger partial charge in [-0.05, 0) is 42.0 Å². The lowest BCUT2D eigenvalue weighted by molar-refractivity contribution is 0.122. The highest BCUT2D eigenvalue weighted by atomic mass is 35.5. The van der Waals surface area contributed by atoms with Gasteiger partial charge in [-0.25, -0.2) is 9.97 Å². The molecular formula is C23H18ClN5O2S. The maximum atomic E-state index is 13.3. The third-order valence-electron chi connectivity index (χ3n) is 5.61. The minimum Gasteiger partial charge on any atom is -0.378 e. The van der Waals surface area contributed by atoms with Gasteiger partial charge in [0, 0.05) is 23.0 Å². The molecule has 2 aromatic carbocycles. The van der Waals surface area contributed by atoms with Crippen LogP contribution in [0.4, 0.5) is 5.95 Å². The first-order valence-electron chi connectivity index (χ1n) is 10.3. The molecule has 6 rings (SSSR count). The summed E-state index contributed by atoms with van der Waals surface area (Å²) in [5, 5.41) is 0.682. The molecule has 0 unspecified atom stereocenters. The summed E-state index contributed by atoms with van der Waals surface area (Å²) in [7, 11) is 0. The molecule has 1 saturated heterocycles. The SMILES string of the molecule is O=c1c2sc(-c3ccc(Cl)cc3)cc2ncn1-c1ccc2nc(N3CCOCC3)[nH]c2c1. The van der Waals surface area contributed by atoms with Crippen LogP contribution in [-0.2, 0) is 4.74 Å². The molecule has 1 fully saturated rings. The molecule has 0 radical (unpaired) electrons. The second kappa shape index (κ2) is 7.74. The fraction of sp³-hybridized carbons (Fsp3) is 0.174. The minimum atomic E-state index is -0.0903. The summed E-state index contributed by atoms with van der Waals surface area (Å²) in [5.41, 5.74) is 4.10. The van der Waals surface area contributed by atoms with Crippen molar-refractivity contribution in [2.45, 2.75) is 0 Å². The molecule has 3 aromatic heterocycles. The van der Waals surface area contributed by atoms with E-state index in [1.165, 1.54) is 11.3 Å². The van der Waals surface area contributed by atoms with Gasteiger partial charge in [0.15, 0.2) is 0 Å². The molecule has 1 N–H and O–H groups in total. The van der Waals surface area contributed by atoms with Crippen LogP contribution >= 0.6 is 22.9 Å². The molecule has 32 heavy (non-hydrogen) atoms. The summed E-state index contributed by atoms with van der Waals surface area (Å²) in [6.07, 6.45) is 1.59. The van der Waals surface area contributed by atoms with Gasteiger partial charge in [0.25, 0.3) is 5.56 Å². The Bertz CT molecular complexity index is 1500. The van der Waals surface area contributed by atoms with E-state index in [0.29, 0.717) is 28.5 Å². The van der Waals surface area contributed by atoms with E-state index in [-0.39, 0.29) is 5.56 Å². The van der Waals surface area contributed by atoms with E-state index in [1.807, 2.05) is 48.5 Å². The maximum Gasteiger partial charge on any atom is 0.275 e. The zero-order valence-corrected chi connectivity index (χ0v) is 18.5. The van der Waals surface area contributed by atoms with Crippen LogP contribution in [0.15, 0.2) is 59.7 Å². The second-order valence-corrected chi connectivity index (χ2v) is 9.10. The Balaban J connectivity index is 1.39. The van der Waals surface area contributed by atoms with E-state index in [2.05, 4.69) is 14.9 Å². The highest BCUT2D eigenvalue weighted by Crippen LogP contribution is 2.31. The molecule has 0 spiro atoms. The molecule has 9 heteroatoms. The average Bonchev–Trinajstić information content (AvgIpc) is 3.45. The molecule has 5 aromatic rings. The molecular weight excluding hydrogens is 446 g/mol. The van der Waals surface area contributed by atoms with Crippen LogP contribution in [0, 0.1) is 0 Å². The highest BCUT2D eigenvalue weighted by molar-refractivity contribution is 7.22. The van der Waals surface area contributed by atoms with Crippen LogP contribution in [0.1, 0.15) is 0 Å². The lowest BCUT2D eigenvalue weighted by Gasteiger charge is -2.26. The van der Waals surface area contributed by atoms with Crippen molar-refractivity contribution in [3.8, 4) is 16.1 Å². The van der Waals surface area contributed by atoms with Crippen molar-refractivity contribution in [1.29, 1.82) is 0 Å². The highest BCUT2D eigenvalue weighted by Gasteiger charge is 2.16. The summed E-state index contributed by atoms with van der Waals surface area (Å²) < 4.78 is 7.63. The van der Waals surface area contributed by atoms with Crippen molar-refractivity contribution in [3.05, 3.63) is 70.2 Å². The second-order valence-electron chi connectivity index (χ2n) is 7.61. The Morgan fingerprint density at radius 3 is 2.66 bits per heavy atom. The van der Waals surface area contributed by atoms with Gasteiger partial charge in [-0.3, -0.25) is 9.36 Å². The van der Waals surface area contributed by atoms with Gasteiger partial charge in [-0.1, -0.05) is 23.7 Å². The number of morpholine rings is 1. The number of thiophene rings is 1. The Labute approximate surface area is 191 Å². The number of hydrogen-bond acceptors (Lipinski definition) is 6.